The third-order valence-corrected chi connectivity index (χ3v) is 1.90. The Kier molecular flexibility index (Phi) is 3.12. The Hall–Kier alpha value is -2.25. The van der Waals surface area contributed by atoms with E-state index in [0.717, 1.165) is 0 Å². The maximum atomic E-state index is 5.10. The van der Waals surface area contributed by atoms with Crippen LogP contribution in [0.25, 0.3) is 11.5 Å². The van der Waals surface area contributed by atoms with Gasteiger partial charge in [0.05, 0.1) is 7.11 Å². The van der Waals surface area contributed by atoms with E-state index in [4.69, 9.17) is 4.74 Å². The van der Waals surface area contributed by atoms with E-state index in [2.05, 4.69) is 35.9 Å². The van der Waals surface area contributed by atoms with Gasteiger partial charge in [0.15, 0.2) is 0 Å². The van der Waals surface area contributed by atoms with Crippen LogP contribution in [0, 0.1) is 0 Å². The average Bonchev–Trinajstić information content (AvgIpc) is 2.81. The minimum Gasteiger partial charge on any atom is -0.481 e. The van der Waals surface area contributed by atoms with Gasteiger partial charge in [-0.2, -0.15) is 10.2 Å². The van der Waals surface area contributed by atoms with Gasteiger partial charge in [-0.1, -0.05) is 0 Å². The fourth-order valence-electron chi connectivity index (χ4n) is 1.24. The Morgan fingerprint density at radius 2 is 2.18 bits per heavy atom. The van der Waals surface area contributed by atoms with Crippen molar-refractivity contribution in [3.63, 3.8) is 0 Å². The summed E-state index contributed by atoms with van der Waals surface area (Å²) in [7, 11) is 1.54. The molecule has 0 radical (unpaired) electrons. The zero-order chi connectivity index (χ0) is 12.3. The molecule has 0 aliphatic carbocycles. The molecule has 0 aliphatic heterocycles. The minimum absolute atomic E-state index is 0.222. The fraction of sp³-hybridized carbons (Fsp3) is 0.444. The van der Waals surface area contributed by atoms with Gasteiger partial charge in [0, 0.05) is 12.1 Å². The van der Waals surface area contributed by atoms with E-state index in [9.17, 15) is 0 Å². The van der Waals surface area contributed by atoms with Crippen molar-refractivity contribution in [3.8, 4) is 17.4 Å². The topological polar surface area (TPSA) is 102 Å². The third-order valence-electron chi connectivity index (χ3n) is 1.90. The summed E-state index contributed by atoms with van der Waals surface area (Å²) >= 11 is 0. The predicted molar refractivity (Wildman–Crippen MR) is 60.5 cm³/mol. The number of ether oxygens (including phenoxy) is 1. The molecule has 2 N–H and O–H groups in total. The standard InChI is InChI=1S/C9H13N7O/c1-5(2)10-9-11-6(4-7(12-9)17-3)8-13-15-16-14-8/h4-5H,1-3H3,(H,10,11,12)(H,13,14,15,16). The molecular weight excluding hydrogens is 222 g/mol. The highest BCUT2D eigenvalue weighted by Gasteiger charge is 2.10. The van der Waals surface area contributed by atoms with Gasteiger partial charge in [0.1, 0.15) is 5.69 Å². The largest absolute Gasteiger partial charge is 0.481 e. The van der Waals surface area contributed by atoms with Crippen molar-refractivity contribution in [2.75, 3.05) is 12.4 Å². The average molecular weight is 235 g/mol. The summed E-state index contributed by atoms with van der Waals surface area (Å²) in [5, 5.41) is 16.7. The molecule has 2 aromatic rings. The second-order valence-electron chi connectivity index (χ2n) is 3.65. The molecule has 0 amide bonds. The van der Waals surface area contributed by atoms with Gasteiger partial charge < -0.3 is 10.1 Å². The van der Waals surface area contributed by atoms with Crippen LogP contribution in [0.4, 0.5) is 5.95 Å². The molecule has 2 aromatic heterocycles. The van der Waals surface area contributed by atoms with Crippen LogP contribution in [-0.4, -0.2) is 43.7 Å². The van der Waals surface area contributed by atoms with Crippen molar-refractivity contribution in [1.29, 1.82) is 0 Å². The van der Waals surface area contributed by atoms with Crippen molar-refractivity contribution in [3.05, 3.63) is 6.07 Å². The molecule has 8 nitrogen and oxygen atoms in total. The second-order valence-corrected chi connectivity index (χ2v) is 3.65. The van der Waals surface area contributed by atoms with Crippen molar-refractivity contribution in [1.82, 2.24) is 30.6 Å². The van der Waals surface area contributed by atoms with Crippen molar-refractivity contribution in [2.45, 2.75) is 19.9 Å². The lowest BCUT2D eigenvalue weighted by Crippen LogP contribution is -2.13. The van der Waals surface area contributed by atoms with Gasteiger partial charge in [-0.15, -0.1) is 10.2 Å². The van der Waals surface area contributed by atoms with Crippen LogP contribution in [0.2, 0.25) is 0 Å². The van der Waals surface area contributed by atoms with Gasteiger partial charge in [-0.05, 0) is 19.1 Å². The highest BCUT2D eigenvalue weighted by atomic mass is 16.5. The highest BCUT2D eigenvalue weighted by Crippen LogP contribution is 2.18. The number of nitrogens with zero attached hydrogens (tertiary/aromatic N) is 5. The Balaban J connectivity index is 2.38. The number of aromatic nitrogens is 6. The van der Waals surface area contributed by atoms with Gasteiger partial charge >= 0.3 is 0 Å². The first kappa shape index (κ1) is 11.2. The lowest BCUT2D eigenvalue weighted by Gasteiger charge is -2.09. The third kappa shape index (κ3) is 2.65. The monoisotopic (exact) mass is 235 g/mol. The lowest BCUT2D eigenvalue weighted by molar-refractivity contribution is 0.397. The van der Waals surface area contributed by atoms with E-state index in [1.807, 2.05) is 13.8 Å². The molecule has 0 aliphatic rings. The van der Waals surface area contributed by atoms with E-state index < -0.39 is 0 Å². The molecule has 0 saturated carbocycles. The summed E-state index contributed by atoms with van der Waals surface area (Å²) in [6.07, 6.45) is 0. The number of hydrogen-bond acceptors (Lipinski definition) is 7. The molecule has 2 heterocycles. The predicted octanol–water partition coefficient (Wildman–Crippen LogP) is 0.486. The summed E-state index contributed by atoms with van der Waals surface area (Å²) in [6.45, 7) is 3.99. The van der Waals surface area contributed by atoms with E-state index in [1.54, 1.807) is 13.2 Å². The van der Waals surface area contributed by atoms with Crippen LogP contribution in [0.5, 0.6) is 5.88 Å². The van der Waals surface area contributed by atoms with Crippen molar-refractivity contribution < 1.29 is 4.74 Å². The lowest BCUT2D eigenvalue weighted by atomic mass is 10.3. The summed E-state index contributed by atoms with van der Waals surface area (Å²) in [5.74, 6) is 1.32. The molecule has 0 spiro atoms. The van der Waals surface area contributed by atoms with Gasteiger partial charge in [0.2, 0.25) is 17.7 Å². The van der Waals surface area contributed by atoms with E-state index >= 15 is 0 Å². The summed E-state index contributed by atoms with van der Waals surface area (Å²) < 4.78 is 5.10. The molecule has 0 atom stereocenters. The van der Waals surface area contributed by atoms with Crippen LogP contribution in [0.3, 0.4) is 0 Å². The number of H-pyrrole nitrogens is 1. The van der Waals surface area contributed by atoms with Gasteiger partial charge in [-0.3, -0.25) is 0 Å². The van der Waals surface area contributed by atoms with Crippen LogP contribution < -0.4 is 10.1 Å². The first-order valence-electron chi connectivity index (χ1n) is 5.12. The Bertz CT molecular complexity index is 482. The van der Waals surface area contributed by atoms with Crippen molar-refractivity contribution in [2.24, 2.45) is 0 Å². The van der Waals surface area contributed by atoms with E-state index in [1.165, 1.54) is 0 Å². The molecule has 2 rings (SSSR count). The zero-order valence-corrected chi connectivity index (χ0v) is 9.80. The van der Waals surface area contributed by atoms with E-state index in [0.29, 0.717) is 23.3 Å². The van der Waals surface area contributed by atoms with Crippen LogP contribution in [-0.2, 0) is 0 Å². The zero-order valence-electron chi connectivity index (χ0n) is 9.80. The number of aromatic amines is 1. The number of tetrazole rings is 1. The first-order valence-corrected chi connectivity index (χ1v) is 5.12. The van der Waals surface area contributed by atoms with Crippen LogP contribution in [0.15, 0.2) is 6.07 Å². The Labute approximate surface area is 97.8 Å². The van der Waals surface area contributed by atoms with Crippen LogP contribution in [0.1, 0.15) is 13.8 Å². The molecule has 17 heavy (non-hydrogen) atoms. The molecular formula is C9H13N7O. The maximum Gasteiger partial charge on any atom is 0.226 e. The number of hydrogen-bond donors (Lipinski definition) is 2. The molecule has 0 bridgehead atoms. The van der Waals surface area contributed by atoms with Crippen LogP contribution >= 0.6 is 0 Å². The molecule has 90 valence electrons. The normalized spacial score (nSPS) is 10.6. The summed E-state index contributed by atoms with van der Waals surface area (Å²) in [5.41, 5.74) is 0.550. The molecule has 8 heteroatoms. The number of methoxy groups -OCH3 is 1. The quantitative estimate of drug-likeness (QED) is 0.794. The van der Waals surface area contributed by atoms with E-state index in [-0.39, 0.29) is 6.04 Å². The molecule has 0 saturated heterocycles. The Morgan fingerprint density at radius 3 is 2.76 bits per heavy atom. The highest BCUT2D eigenvalue weighted by molar-refractivity contribution is 5.52. The smallest absolute Gasteiger partial charge is 0.226 e. The SMILES string of the molecule is COc1cc(-c2nn[nH]n2)nc(NC(C)C)n1. The van der Waals surface area contributed by atoms with Crippen molar-refractivity contribution >= 4 is 5.95 Å². The summed E-state index contributed by atoms with van der Waals surface area (Å²) in [4.78, 5) is 8.45. The summed E-state index contributed by atoms with van der Waals surface area (Å²) in [6, 6.07) is 1.87. The van der Waals surface area contributed by atoms with Gasteiger partial charge in [-0.25, -0.2) is 4.98 Å². The second kappa shape index (κ2) is 4.73. The first-order chi connectivity index (χ1) is 8.19. The van der Waals surface area contributed by atoms with Gasteiger partial charge in [0.25, 0.3) is 0 Å². The molecule has 0 unspecified atom stereocenters. The molecule has 0 fully saturated rings. The maximum absolute atomic E-state index is 5.10. The molecule has 0 aromatic carbocycles. The number of anilines is 1. The number of rotatable bonds is 4. The Morgan fingerprint density at radius 1 is 1.35 bits per heavy atom. The minimum atomic E-state index is 0.222. The fourth-order valence-corrected chi connectivity index (χ4v) is 1.24. The number of nitrogens with one attached hydrogen (secondary N) is 2.